The summed E-state index contributed by atoms with van der Waals surface area (Å²) in [6, 6.07) is 8.20. The van der Waals surface area contributed by atoms with Gasteiger partial charge in [0.2, 0.25) is 0 Å². The van der Waals surface area contributed by atoms with Crippen molar-refractivity contribution < 1.29 is 14.6 Å². The fourth-order valence-electron chi connectivity index (χ4n) is 4.08. The molecule has 1 fully saturated rings. The standard InChI is InChI=1S/C20H25N3O3/c1-20(2,3)26-19(25)22-9-8-17(24)15(11-22)18-14-7-5-4-6-13(14)16-10-21-12-23(16)18/h4-7,10,12,15,17-18,24H,8-9,11H2,1-3H3/t15-,17-,18+/m0/s1. The predicted octanol–water partition coefficient (Wildman–Crippen LogP) is 3.07. The van der Waals surface area contributed by atoms with Crippen molar-refractivity contribution in [1.29, 1.82) is 0 Å². The molecule has 138 valence electrons. The van der Waals surface area contributed by atoms with Gasteiger partial charge in [0.25, 0.3) is 0 Å². The maximum atomic E-state index is 12.5. The lowest BCUT2D eigenvalue weighted by Crippen LogP contribution is -2.49. The summed E-state index contributed by atoms with van der Waals surface area (Å²) in [4.78, 5) is 18.5. The van der Waals surface area contributed by atoms with Crippen molar-refractivity contribution in [1.82, 2.24) is 14.5 Å². The van der Waals surface area contributed by atoms with Gasteiger partial charge in [-0.1, -0.05) is 24.3 Å². The molecule has 2 aliphatic rings. The number of likely N-dealkylation sites (tertiary alicyclic amines) is 1. The van der Waals surface area contributed by atoms with Crippen LogP contribution in [0.2, 0.25) is 0 Å². The molecule has 26 heavy (non-hydrogen) atoms. The van der Waals surface area contributed by atoms with Gasteiger partial charge in [0.15, 0.2) is 0 Å². The normalized spacial score (nSPS) is 24.9. The number of amides is 1. The number of aliphatic hydroxyl groups is 1. The number of nitrogens with zero attached hydrogens (tertiary/aromatic N) is 3. The van der Waals surface area contributed by atoms with Gasteiger partial charge in [0.05, 0.1) is 30.4 Å². The van der Waals surface area contributed by atoms with E-state index >= 15 is 0 Å². The van der Waals surface area contributed by atoms with Crippen LogP contribution >= 0.6 is 0 Å². The fourth-order valence-corrected chi connectivity index (χ4v) is 4.08. The first-order valence-electron chi connectivity index (χ1n) is 9.12. The van der Waals surface area contributed by atoms with E-state index < -0.39 is 11.7 Å². The van der Waals surface area contributed by atoms with Crippen LogP contribution in [0.1, 0.15) is 38.8 Å². The molecule has 4 rings (SSSR count). The number of carbonyl (C=O) groups excluding carboxylic acids is 1. The Hall–Kier alpha value is -2.34. The van der Waals surface area contributed by atoms with Gasteiger partial charge in [-0.05, 0) is 32.8 Å². The molecule has 0 radical (unpaired) electrons. The maximum absolute atomic E-state index is 12.5. The lowest BCUT2D eigenvalue weighted by atomic mass is 9.84. The summed E-state index contributed by atoms with van der Waals surface area (Å²) in [6.07, 6.45) is 3.44. The first-order valence-corrected chi connectivity index (χ1v) is 9.12. The van der Waals surface area contributed by atoms with Gasteiger partial charge in [0.1, 0.15) is 5.60 Å². The van der Waals surface area contributed by atoms with Crippen molar-refractivity contribution in [3.63, 3.8) is 0 Å². The van der Waals surface area contributed by atoms with Gasteiger partial charge in [-0.25, -0.2) is 9.78 Å². The number of hydrogen-bond acceptors (Lipinski definition) is 4. The molecule has 0 spiro atoms. The first kappa shape index (κ1) is 17.1. The summed E-state index contributed by atoms with van der Waals surface area (Å²) < 4.78 is 7.66. The minimum absolute atomic E-state index is 0.0241. The van der Waals surface area contributed by atoms with Crippen molar-refractivity contribution in [2.75, 3.05) is 13.1 Å². The monoisotopic (exact) mass is 355 g/mol. The Bertz CT molecular complexity index is 824. The Kier molecular flexibility index (Phi) is 4.03. The molecular weight excluding hydrogens is 330 g/mol. The van der Waals surface area contributed by atoms with E-state index in [-0.39, 0.29) is 18.1 Å². The van der Waals surface area contributed by atoms with Crippen LogP contribution in [0.3, 0.4) is 0 Å². The van der Waals surface area contributed by atoms with E-state index in [9.17, 15) is 9.90 Å². The SMILES string of the molecule is CC(C)(C)OC(=O)N1CC[C@H](O)[C@@H]([C@H]2c3ccccc3-c3cncn32)C1. The van der Waals surface area contributed by atoms with E-state index in [1.807, 2.05) is 45.4 Å². The third-order valence-corrected chi connectivity index (χ3v) is 5.20. The number of aromatic nitrogens is 2. The van der Waals surface area contributed by atoms with Crippen LogP contribution in [0.4, 0.5) is 4.79 Å². The quantitative estimate of drug-likeness (QED) is 0.854. The highest BCUT2D eigenvalue weighted by molar-refractivity contribution is 5.70. The molecule has 0 unspecified atom stereocenters. The zero-order valence-electron chi connectivity index (χ0n) is 15.4. The third-order valence-electron chi connectivity index (χ3n) is 5.20. The van der Waals surface area contributed by atoms with Crippen molar-refractivity contribution in [3.8, 4) is 11.3 Å². The third kappa shape index (κ3) is 2.88. The molecule has 3 atom stereocenters. The average molecular weight is 355 g/mol. The summed E-state index contributed by atoms with van der Waals surface area (Å²) in [5, 5.41) is 10.7. The number of hydrogen-bond donors (Lipinski definition) is 1. The van der Waals surface area contributed by atoms with Gasteiger partial charge in [-0.15, -0.1) is 0 Å². The molecule has 2 aliphatic heterocycles. The van der Waals surface area contributed by atoms with Crippen LogP contribution in [0, 0.1) is 5.92 Å². The van der Waals surface area contributed by atoms with Crippen molar-refractivity contribution in [2.45, 2.75) is 44.9 Å². The average Bonchev–Trinajstić information content (AvgIpc) is 3.14. The first-order chi connectivity index (χ1) is 12.3. The van der Waals surface area contributed by atoms with Gasteiger partial charge >= 0.3 is 6.09 Å². The van der Waals surface area contributed by atoms with Crippen LogP contribution in [0.5, 0.6) is 0 Å². The number of fused-ring (bicyclic) bond motifs is 3. The number of piperidine rings is 1. The highest BCUT2D eigenvalue weighted by Gasteiger charge is 2.42. The summed E-state index contributed by atoms with van der Waals surface area (Å²) >= 11 is 0. The lowest BCUT2D eigenvalue weighted by Gasteiger charge is -2.40. The lowest BCUT2D eigenvalue weighted by molar-refractivity contribution is -0.0158. The highest BCUT2D eigenvalue weighted by atomic mass is 16.6. The molecule has 0 saturated carbocycles. The largest absolute Gasteiger partial charge is 0.444 e. The summed E-state index contributed by atoms with van der Waals surface area (Å²) in [5.41, 5.74) is 2.86. The van der Waals surface area contributed by atoms with Gasteiger partial charge in [-0.3, -0.25) is 0 Å². The Labute approximate surface area is 153 Å². The van der Waals surface area contributed by atoms with E-state index in [1.54, 1.807) is 4.90 Å². The van der Waals surface area contributed by atoms with Crippen molar-refractivity contribution in [2.24, 2.45) is 5.92 Å². The van der Waals surface area contributed by atoms with E-state index in [0.29, 0.717) is 19.5 Å². The molecule has 6 heteroatoms. The minimum Gasteiger partial charge on any atom is -0.444 e. The molecule has 6 nitrogen and oxygen atoms in total. The molecular formula is C20H25N3O3. The molecule has 1 aromatic heterocycles. The molecule has 1 saturated heterocycles. The van der Waals surface area contributed by atoms with Crippen LogP contribution < -0.4 is 0 Å². The second-order valence-electron chi connectivity index (χ2n) is 8.16. The van der Waals surface area contributed by atoms with Crippen LogP contribution in [-0.4, -0.2) is 50.4 Å². The topological polar surface area (TPSA) is 67.6 Å². The van der Waals surface area contributed by atoms with Gasteiger partial charge in [0, 0.05) is 24.6 Å². The van der Waals surface area contributed by atoms with Crippen LogP contribution in [0.15, 0.2) is 36.8 Å². The van der Waals surface area contributed by atoms with E-state index in [2.05, 4.69) is 21.7 Å². The zero-order valence-corrected chi connectivity index (χ0v) is 15.4. The molecule has 0 aliphatic carbocycles. The second-order valence-corrected chi connectivity index (χ2v) is 8.16. The summed E-state index contributed by atoms with van der Waals surface area (Å²) in [7, 11) is 0. The fraction of sp³-hybridized carbons (Fsp3) is 0.500. The van der Waals surface area contributed by atoms with Gasteiger partial charge < -0.3 is 19.3 Å². The van der Waals surface area contributed by atoms with Crippen LogP contribution in [0.25, 0.3) is 11.3 Å². The number of rotatable bonds is 1. The number of aliphatic hydroxyl groups excluding tert-OH is 1. The Morgan fingerprint density at radius 1 is 1.31 bits per heavy atom. The molecule has 1 aromatic carbocycles. The Morgan fingerprint density at radius 2 is 2.08 bits per heavy atom. The molecule has 3 heterocycles. The predicted molar refractivity (Wildman–Crippen MR) is 97.7 cm³/mol. The van der Waals surface area contributed by atoms with Gasteiger partial charge in [-0.2, -0.15) is 0 Å². The second kappa shape index (κ2) is 6.13. The van der Waals surface area contributed by atoms with Crippen molar-refractivity contribution >= 4 is 6.09 Å². The minimum atomic E-state index is -0.528. The van der Waals surface area contributed by atoms with E-state index in [1.165, 1.54) is 5.56 Å². The molecule has 2 aromatic rings. The zero-order chi connectivity index (χ0) is 18.5. The van der Waals surface area contributed by atoms with Crippen LogP contribution in [-0.2, 0) is 4.74 Å². The smallest absolute Gasteiger partial charge is 0.410 e. The van der Waals surface area contributed by atoms with E-state index in [0.717, 1.165) is 11.3 Å². The summed E-state index contributed by atoms with van der Waals surface area (Å²) in [5.74, 6) is -0.104. The number of benzene rings is 1. The Balaban J connectivity index is 1.64. The maximum Gasteiger partial charge on any atom is 0.410 e. The number of imidazole rings is 1. The molecule has 1 amide bonds. The molecule has 1 N–H and O–H groups in total. The number of ether oxygens (including phenoxy) is 1. The molecule has 0 bridgehead atoms. The van der Waals surface area contributed by atoms with E-state index in [4.69, 9.17) is 4.74 Å². The van der Waals surface area contributed by atoms with Crippen molar-refractivity contribution in [3.05, 3.63) is 42.4 Å². The highest BCUT2D eigenvalue weighted by Crippen LogP contribution is 2.45. The Morgan fingerprint density at radius 3 is 2.85 bits per heavy atom. The number of carbonyl (C=O) groups is 1. The summed E-state index contributed by atoms with van der Waals surface area (Å²) in [6.45, 7) is 6.58.